The van der Waals surface area contributed by atoms with Crippen LogP contribution in [0, 0.1) is 0 Å². The van der Waals surface area contributed by atoms with Gasteiger partial charge in [-0.25, -0.2) is 19.7 Å². The summed E-state index contributed by atoms with van der Waals surface area (Å²) in [5.74, 6) is -0.0328. The molecule has 31 heavy (non-hydrogen) atoms. The van der Waals surface area contributed by atoms with E-state index in [1.165, 1.54) is 4.90 Å². The first-order valence-electron chi connectivity index (χ1n) is 9.87. The molecule has 3 aromatic rings. The minimum Gasteiger partial charge on any atom is -0.419 e. The molecule has 10 heteroatoms. The van der Waals surface area contributed by atoms with Gasteiger partial charge in [0.2, 0.25) is 6.23 Å². The van der Waals surface area contributed by atoms with Crippen molar-refractivity contribution in [3.05, 3.63) is 59.0 Å². The van der Waals surface area contributed by atoms with Crippen molar-refractivity contribution in [2.75, 3.05) is 38.1 Å². The maximum absolute atomic E-state index is 13.2. The molecule has 0 aliphatic carbocycles. The van der Waals surface area contributed by atoms with Gasteiger partial charge in [0.15, 0.2) is 5.65 Å². The number of carbonyl (C=O) groups is 2. The zero-order valence-corrected chi connectivity index (χ0v) is 17.5. The first-order chi connectivity index (χ1) is 15.0. The molecular weight excluding hydrogens is 420 g/mol. The van der Waals surface area contributed by atoms with Gasteiger partial charge in [-0.3, -0.25) is 9.78 Å². The average molecular weight is 439 g/mol. The Balaban J connectivity index is 1.51. The van der Waals surface area contributed by atoms with E-state index < -0.39 is 12.3 Å². The molecule has 0 radical (unpaired) electrons. The van der Waals surface area contributed by atoms with Crippen LogP contribution < -0.4 is 4.90 Å². The summed E-state index contributed by atoms with van der Waals surface area (Å²) in [6.07, 6.45) is 0.0675. The number of likely N-dealkylation sites (N-methyl/N-ethyl adjacent to an activating group) is 1. The van der Waals surface area contributed by atoms with E-state index in [2.05, 4.69) is 19.9 Å². The van der Waals surface area contributed by atoms with Crippen LogP contribution in [0.2, 0.25) is 5.15 Å². The second kappa shape index (κ2) is 7.75. The number of nitrogens with zero attached hydrogens (tertiary/aromatic N) is 6. The zero-order valence-electron chi connectivity index (χ0n) is 16.7. The molecule has 1 atom stereocenters. The van der Waals surface area contributed by atoms with Crippen LogP contribution in [0.5, 0.6) is 0 Å². The van der Waals surface area contributed by atoms with Crippen molar-refractivity contribution in [2.24, 2.45) is 0 Å². The second-order valence-electron chi connectivity index (χ2n) is 7.49. The number of ether oxygens (including phenoxy) is 1. The van der Waals surface area contributed by atoms with E-state index in [1.54, 1.807) is 47.5 Å². The molecule has 1 fully saturated rings. The summed E-state index contributed by atoms with van der Waals surface area (Å²) in [5.41, 5.74) is 1.15. The fourth-order valence-electron chi connectivity index (χ4n) is 3.75. The molecule has 0 N–H and O–H groups in total. The minimum absolute atomic E-state index is 0.299. The maximum atomic E-state index is 13.2. The zero-order chi connectivity index (χ0) is 21.5. The highest BCUT2D eigenvalue weighted by Crippen LogP contribution is 2.37. The van der Waals surface area contributed by atoms with Crippen LogP contribution in [0.15, 0.2) is 42.6 Å². The number of anilines is 1. The van der Waals surface area contributed by atoms with Crippen LogP contribution in [0.1, 0.15) is 22.3 Å². The molecular formula is C21H19ClN6O3. The highest BCUT2D eigenvalue weighted by atomic mass is 35.5. The lowest BCUT2D eigenvalue weighted by molar-refractivity contribution is 0.0477. The van der Waals surface area contributed by atoms with Gasteiger partial charge in [-0.1, -0.05) is 11.6 Å². The molecule has 1 saturated heterocycles. The molecule has 9 nitrogen and oxygen atoms in total. The topological polar surface area (TPSA) is 91.8 Å². The summed E-state index contributed by atoms with van der Waals surface area (Å²) in [7, 11) is 2.01. The largest absolute Gasteiger partial charge is 0.419 e. The van der Waals surface area contributed by atoms with Crippen LogP contribution in [-0.4, -0.2) is 70.0 Å². The minimum atomic E-state index is -1.01. The molecule has 158 valence electrons. The number of hydrogen-bond acceptors (Lipinski definition) is 7. The van der Waals surface area contributed by atoms with Gasteiger partial charge >= 0.3 is 6.09 Å². The number of hydrogen-bond donors (Lipinski definition) is 0. The van der Waals surface area contributed by atoms with Crippen molar-refractivity contribution < 1.29 is 14.3 Å². The van der Waals surface area contributed by atoms with Gasteiger partial charge < -0.3 is 14.5 Å². The van der Waals surface area contributed by atoms with Crippen molar-refractivity contribution in [3.63, 3.8) is 0 Å². The Bertz CT molecular complexity index is 1180. The Morgan fingerprint density at radius 2 is 1.87 bits per heavy atom. The van der Waals surface area contributed by atoms with Crippen LogP contribution in [0.4, 0.5) is 10.6 Å². The molecule has 0 spiro atoms. The van der Waals surface area contributed by atoms with Gasteiger partial charge in [0.1, 0.15) is 16.7 Å². The maximum Gasteiger partial charge on any atom is 0.412 e. The molecule has 2 amide bonds. The third-order valence-corrected chi connectivity index (χ3v) is 5.69. The first kappa shape index (κ1) is 19.7. The molecule has 0 aromatic carbocycles. The molecule has 2 aliphatic rings. The van der Waals surface area contributed by atoms with Crippen LogP contribution in [0.3, 0.4) is 0 Å². The summed E-state index contributed by atoms with van der Waals surface area (Å²) in [5, 5.41) is 1.08. The summed E-state index contributed by atoms with van der Waals surface area (Å²) >= 11 is 6.01. The van der Waals surface area contributed by atoms with Gasteiger partial charge in [-0.2, -0.15) is 0 Å². The predicted octanol–water partition coefficient (Wildman–Crippen LogP) is 2.72. The van der Waals surface area contributed by atoms with Gasteiger partial charge in [0, 0.05) is 37.8 Å². The third kappa shape index (κ3) is 3.55. The summed E-state index contributed by atoms with van der Waals surface area (Å²) in [6, 6.07) is 10.3. The highest BCUT2D eigenvalue weighted by molar-refractivity contribution is 6.29. The molecule has 5 rings (SSSR count). The first-order valence-corrected chi connectivity index (χ1v) is 10.2. The highest BCUT2D eigenvalue weighted by Gasteiger charge is 2.43. The van der Waals surface area contributed by atoms with Crippen molar-refractivity contribution >= 4 is 40.5 Å². The predicted molar refractivity (Wildman–Crippen MR) is 114 cm³/mol. The summed E-state index contributed by atoms with van der Waals surface area (Å²) in [6.45, 7) is 2.63. The van der Waals surface area contributed by atoms with E-state index in [9.17, 15) is 9.59 Å². The van der Waals surface area contributed by atoms with Crippen molar-refractivity contribution in [2.45, 2.75) is 6.23 Å². The summed E-state index contributed by atoms with van der Waals surface area (Å²) in [4.78, 5) is 44.3. The van der Waals surface area contributed by atoms with Crippen molar-refractivity contribution in [3.8, 4) is 0 Å². The van der Waals surface area contributed by atoms with Crippen LogP contribution >= 0.6 is 11.6 Å². The fraction of sp³-hybridized carbons (Fsp3) is 0.286. The molecule has 0 saturated carbocycles. The van der Waals surface area contributed by atoms with Crippen molar-refractivity contribution in [1.29, 1.82) is 0 Å². The molecule has 3 aromatic heterocycles. The van der Waals surface area contributed by atoms with E-state index in [0.717, 1.165) is 18.5 Å². The van der Waals surface area contributed by atoms with Gasteiger partial charge in [0.25, 0.3) is 5.91 Å². The smallest absolute Gasteiger partial charge is 0.412 e. The molecule has 1 unspecified atom stereocenters. The van der Waals surface area contributed by atoms with E-state index in [1.807, 2.05) is 7.05 Å². The number of fused-ring (bicyclic) bond motifs is 2. The number of pyridine rings is 3. The monoisotopic (exact) mass is 438 g/mol. The normalized spacial score (nSPS) is 19.0. The Hall–Kier alpha value is -3.30. The van der Waals surface area contributed by atoms with Crippen LogP contribution in [-0.2, 0) is 4.74 Å². The lowest BCUT2D eigenvalue weighted by Gasteiger charge is -2.33. The second-order valence-corrected chi connectivity index (χ2v) is 7.88. The lowest BCUT2D eigenvalue weighted by atomic mass is 10.2. The fourth-order valence-corrected chi connectivity index (χ4v) is 3.89. The number of amides is 2. The van der Waals surface area contributed by atoms with Crippen molar-refractivity contribution in [1.82, 2.24) is 24.8 Å². The standard InChI is InChI=1S/C21H19ClN6O3/c1-26-9-11-27(12-10-26)21(30)31-20-17-14(3-2-8-23-17)19(29)28(20)16-7-5-13-4-6-15(22)24-18(13)25-16/h2-8,20H,9-12H2,1H3. The number of aromatic nitrogens is 3. The molecule has 5 heterocycles. The van der Waals surface area contributed by atoms with E-state index in [4.69, 9.17) is 16.3 Å². The SMILES string of the molecule is CN1CCN(C(=O)OC2c3ncccc3C(=O)N2c2ccc3ccc(Cl)nc3n2)CC1. The van der Waals surface area contributed by atoms with Gasteiger partial charge in [0.05, 0.1) is 5.56 Å². The van der Waals surface area contributed by atoms with E-state index in [0.29, 0.717) is 41.0 Å². The average Bonchev–Trinajstić information content (AvgIpc) is 3.05. The number of piperazine rings is 1. The lowest BCUT2D eigenvalue weighted by Crippen LogP contribution is -2.48. The Labute approximate surface area is 183 Å². The summed E-state index contributed by atoms with van der Waals surface area (Å²) < 4.78 is 5.81. The van der Waals surface area contributed by atoms with Gasteiger partial charge in [-0.05, 0) is 43.4 Å². The third-order valence-electron chi connectivity index (χ3n) is 5.48. The van der Waals surface area contributed by atoms with E-state index >= 15 is 0 Å². The molecule has 0 bridgehead atoms. The Morgan fingerprint density at radius 1 is 1.10 bits per heavy atom. The Morgan fingerprint density at radius 3 is 2.68 bits per heavy atom. The number of halogens is 1. The number of carbonyl (C=O) groups excluding carboxylic acids is 2. The van der Waals surface area contributed by atoms with E-state index in [-0.39, 0.29) is 5.91 Å². The van der Waals surface area contributed by atoms with Crippen LogP contribution in [0.25, 0.3) is 11.0 Å². The number of rotatable bonds is 2. The quantitative estimate of drug-likeness (QED) is 0.568. The molecule has 2 aliphatic heterocycles. The van der Waals surface area contributed by atoms with Gasteiger partial charge in [-0.15, -0.1) is 0 Å². The Kier molecular flexibility index (Phi) is 4.91.